The van der Waals surface area contributed by atoms with Crippen LogP contribution in [0.3, 0.4) is 0 Å². The van der Waals surface area contributed by atoms with Gasteiger partial charge in [0.05, 0.1) is 17.5 Å². The van der Waals surface area contributed by atoms with Gasteiger partial charge in [-0.15, -0.1) is 13.2 Å². The van der Waals surface area contributed by atoms with Crippen molar-refractivity contribution in [2.45, 2.75) is 19.7 Å². The molecule has 1 saturated heterocycles. The molecule has 2 bridgehead atoms. The van der Waals surface area contributed by atoms with Crippen molar-refractivity contribution in [3.63, 3.8) is 0 Å². The Balaban J connectivity index is 1.60. The Morgan fingerprint density at radius 3 is 2.33 bits per heavy atom. The first-order chi connectivity index (χ1) is 11.3. The summed E-state index contributed by atoms with van der Waals surface area (Å²) in [6.45, 7) is 1.98. The van der Waals surface area contributed by atoms with E-state index in [1.165, 1.54) is 12.1 Å². The lowest BCUT2D eigenvalue weighted by Gasteiger charge is -2.19. The van der Waals surface area contributed by atoms with Crippen molar-refractivity contribution in [1.29, 1.82) is 0 Å². The van der Waals surface area contributed by atoms with Crippen molar-refractivity contribution in [3.8, 4) is 5.75 Å². The van der Waals surface area contributed by atoms with E-state index >= 15 is 0 Å². The Kier molecular flexibility index (Phi) is 3.07. The van der Waals surface area contributed by atoms with Gasteiger partial charge in [0.1, 0.15) is 5.75 Å². The summed E-state index contributed by atoms with van der Waals surface area (Å²) in [5.74, 6) is -1.37. The van der Waals surface area contributed by atoms with Gasteiger partial charge in [-0.1, -0.05) is 11.6 Å². The molecule has 1 aromatic carbocycles. The summed E-state index contributed by atoms with van der Waals surface area (Å²) < 4.78 is 40.4. The van der Waals surface area contributed by atoms with Crippen LogP contribution in [0.15, 0.2) is 35.9 Å². The van der Waals surface area contributed by atoms with Gasteiger partial charge in [-0.05, 0) is 49.4 Å². The van der Waals surface area contributed by atoms with Crippen molar-refractivity contribution >= 4 is 17.5 Å². The van der Waals surface area contributed by atoms with Crippen LogP contribution in [0.1, 0.15) is 13.3 Å². The second-order valence-electron chi connectivity index (χ2n) is 6.52. The number of halogens is 3. The first-order valence-corrected chi connectivity index (χ1v) is 7.68. The van der Waals surface area contributed by atoms with E-state index in [1.807, 2.05) is 6.92 Å². The van der Waals surface area contributed by atoms with E-state index in [-0.39, 0.29) is 46.9 Å². The summed E-state index contributed by atoms with van der Waals surface area (Å²) in [4.78, 5) is 26.5. The van der Waals surface area contributed by atoms with Gasteiger partial charge in [-0.25, -0.2) is 0 Å². The molecule has 1 saturated carbocycles. The molecule has 0 N–H and O–H groups in total. The molecule has 2 fully saturated rings. The number of hydrogen-bond acceptors (Lipinski definition) is 3. The Bertz CT molecular complexity index is 753. The first-order valence-electron chi connectivity index (χ1n) is 7.68. The van der Waals surface area contributed by atoms with Crippen LogP contribution >= 0.6 is 0 Å². The maximum absolute atomic E-state index is 12.7. The molecular weight excluding hydrogens is 323 g/mol. The fraction of sp³-hybridized carbons (Fsp3) is 0.412. The van der Waals surface area contributed by atoms with Crippen LogP contribution in [0.2, 0.25) is 0 Å². The van der Waals surface area contributed by atoms with Crippen molar-refractivity contribution in [3.05, 3.63) is 35.9 Å². The smallest absolute Gasteiger partial charge is 0.406 e. The van der Waals surface area contributed by atoms with Crippen molar-refractivity contribution in [1.82, 2.24) is 0 Å². The summed E-state index contributed by atoms with van der Waals surface area (Å²) >= 11 is 0. The van der Waals surface area contributed by atoms with Crippen LogP contribution in [0.5, 0.6) is 5.75 Å². The number of fused-ring (bicyclic) bond motifs is 5. The molecule has 24 heavy (non-hydrogen) atoms. The average molecular weight is 337 g/mol. The number of anilines is 1. The van der Waals surface area contributed by atoms with Crippen LogP contribution in [0.25, 0.3) is 0 Å². The number of allylic oxidation sites excluding steroid dienone is 2. The minimum absolute atomic E-state index is 0.0919. The highest BCUT2D eigenvalue weighted by atomic mass is 19.4. The predicted molar refractivity (Wildman–Crippen MR) is 78.0 cm³/mol. The van der Waals surface area contributed by atoms with Gasteiger partial charge in [0, 0.05) is 0 Å². The highest BCUT2D eigenvalue weighted by Gasteiger charge is 2.60. The third-order valence-electron chi connectivity index (χ3n) is 5.21. The second-order valence-corrected chi connectivity index (χ2v) is 6.52. The van der Waals surface area contributed by atoms with E-state index in [2.05, 4.69) is 10.8 Å². The van der Waals surface area contributed by atoms with E-state index in [0.717, 1.165) is 29.0 Å². The van der Waals surface area contributed by atoms with E-state index < -0.39 is 6.36 Å². The SMILES string of the molecule is CC1=C[C@@H]2C[C@H]1[C@@H]1C(=O)N(c3ccc(OC(F)(F)F)cc3)C(=O)[C@H]12. The summed E-state index contributed by atoms with van der Waals surface area (Å²) in [5, 5.41) is 0. The number of imide groups is 1. The molecule has 4 atom stereocenters. The topological polar surface area (TPSA) is 46.6 Å². The summed E-state index contributed by atoms with van der Waals surface area (Å²) in [6.07, 6.45) is -1.87. The van der Waals surface area contributed by atoms with E-state index in [9.17, 15) is 22.8 Å². The quantitative estimate of drug-likeness (QED) is 0.615. The Labute approximate surface area is 135 Å². The molecule has 0 unspecified atom stereocenters. The third kappa shape index (κ3) is 2.14. The summed E-state index contributed by atoms with van der Waals surface area (Å²) in [7, 11) is 0. The number of nitrogens with zero attached hydrogens (tertiary/aromatic N) is 1. The number of alkyl halides is 3. The zero-order valence-corrected chi connectivity index (χ0v) is 12.7. The van der Waals surface area contributed by atoms with Crippen LogP contribution in [-0.2, 0) is 9.59 Å². The monoisotopic (exact) mass is 337 g/mol. The molecule has 2 aliphatic carbocycles. The Morgan fingerprint density at radius 2 is 1.71 bits per heavy atom. The number of ether oxygens (including phenoxy) is 1. The Hall–Kier alpha value is -2.31. The van der Waals surface area contributed by atoms with Gasteiger partial charge in [0.25, 0.3) is 0 Å². The number of rotatable bonds is 2. The lowest BCUT2D eigenvalue weighted by Crippen LogP contribution is -2.32. The summed E-state index contributed by atoms with van der Waals surface area (Å²) in [6, 6.07) is 4.82. The minimum atomic E-state index is -4.78. The normalized spacial score (nSPS) is 31.5. The molecule has 2 amide bonds. The number of benzene rings is 1. The van der Waals surface area contributed by atoms with Crippen LogP contribution in [-0.4, -0.2) is 18.2 Å². The number of hydrogen-bond donors (Lipinski definition) is 0. The lowest BCUT2D eigenvalue weighted by atomic mass is 9.82. The highest BCUT2D eigenvalue weighted by Crippen LogP contribution is 2.55. The predicted octanol–water partition coefficient (Wildman–Crippen LogP) is 3.29. The zero-order valence-electron chi connectivity index (χ0n) is 12.7. The Morgan fingerprint density at radius 1 is 1.08 bits per heavy atom. The molecule has 0 aromatic heterocycles. The molecule has 1 aliphatic heterocycles. The molecule has 126 valence electrons. The molecule has 0 radical (unpaired) electrons. The molecular formula is C17H14F3NO3. The van der Waals surface area contributed by atoms with Crippen LogP contribution in [0, 0.1) is 23.7 Å². The number of carbonyl (C=O) groups excluding carboxylic acids is 2. The second kappa shape index (κ2) is 4.84. The third-order valence-corrected chi connectivity index (χ3v) is 5.21. The number of amides is 2. The molecule has 7 heteroatoms. The highest BCUT2D eigenvalue weighted by molar-refractivity contribution is 6.22. The molecule has 4 nitrogen and oxygen atoms in total. The average Bonchev–Trinajstić information content (AvgIpc) is 3.10. The minimum Gasteiger partial charge on any atom is -0.406 e. The van der Waals surface area contributed by atoms with Gasteiger partial charge in [-0.3, -0.25) is 14.5 Å². The van der Waals surface area contributed by atoms with Gasteiger partial charge in [0.2, 0.25) is 11.8 Å². The van der Waals surface area contributed by atoms with Crippen molar-refractivity contribution in [2.24, 2.45) is 23.7 Å². The van der Waals surface area contributed by atoms with Crippen LogP contribution in [0.4, 0.5) is 18.9 Å². The standard InChI is InChI=1S/C17H14F3NO3/c1-8-6-9-7-12(8)14-13(9)15(22)21(16(14)23)10-2-4-11(5-3-10)24-17(18,19)20/h2-6,9,12-14H,7H2,1H3/t9-,12-,13+,14+/m1/s1. The van der Waals surface area contributed by atoms with Gasteiger partial charge in [0.15, 0.2) is 0 Å². The van der Waals surface area contributed by atoms with Gasteiger partial charge in [-0.2, -0.15) is 0 Å². The summed E-state index contributed by atoms with van der Waals surface area (Å²) in [5.41, 5.74) is 1.43. The van der Waals surface area contributed by atoms with E-state index in [4.69, 9.17) is 0 Å². The zero-order chi connectivity index (χ0) is 17.2. The largest absolute Gasteiger partial charge is 0.573 e. The first kappa shape index (κ1) is 15.2. The fourth-order valence-corrected chi connectivity index (χ4v) is 4.33. The van der Waals surface area contributed by atoms with Crippen molar-refractivity contribution in [2.75, 3.05) is 4.90 Å². The van der Waals surface area contributed by atoms with E-state index in [0.29, 0.717) is 0 Å². The molecule has 1 heterocycles. The lowest BCUT2D eigenvalue weighted by molar-refractivity contribution is -0.274. The molecule has 0 spiro atoms. The van der Waals surface area contributed by atoms with Gasteiger partial charge >= 0.3 is 6.36 Å². The van der Waals surface area contributed by atoms with Crippen molar-refractivity contribution < 1.29 is 27.5 Å². The number of carbonyl (C=O) groups is 2. The maximum Gasteiger partial charge on any atom is 0.573 e. The fourth-order valence-electron chi connectivity index (χ4n) is 4.33. The van der Waals surface area contributed by atoms with Crippen LogP contribution < -0.4 is 9.64 Å². The van der Waals surface area contributed by atoms with E-state index in [1.54, 1.807) is 0 Å². The maximum atomic E-state index is 12.7. The molecule has 3 aliphatic rings. The van der Waals surface area contributed by atoms with Gasteiger partial charge < -0.3 is 4.74 Å². The molecule has 1 aromatic rings. The molecule has 4 rings (SSSR count).